The van der Waals surface area contributed by atoms with Crippen molar-refractivity contribution in [1.82, 2.24) is 5.32 Å². The van der Waals surface area contributed by atoms with Crippen LogP contribution in [0.15, 0.2) is 46.9 Å². The van der Waals surface area contributed by atoms with Crippen LogP contribution in [-0.2, 0) is 0 Å². The highest BCUT2D eigenvalue weighted by molar-refractivity contribution is 9.10. The summed E-state index contributed by atoms with van der Waals surface area (Å²) < 4.78 is 28.0. The third kappa shape index (κ3) is 2.44. The molecular weight excluding hydrogens is 300 g/mol. The Labute approximate surface area is 113 Å². The second kappa shape index (κ2) is 5.59. The first-order valence-electron chi connectivity index (χ1n) is 5.50. The van der Waals surface area contributed by atoms with Gasteiger partial charge in [-0.1, -0.05) is 46.3 Å². The van der Waals surface area contributed by atoms with Gasteiger partial charge in [0, 0.05) is 10.0 Å². The van der Waals surface area contributed by atoms with Crippen molar-refractivity contribution in [2.75, 3.05) is 7.05 Å². The van der Waals surface area contributed by atoms with E-state index in [2.05, 4.69) is 21.2 Å². The molecule has 1 nitrogen and oxygen atoms in total. The lowest BCUT2D eigenvalue weighted by molar-refractivity contribution is 0.487. The molecule has 18 heavy (non-hydrogen) atoms. The first kappa shape index (κ1) is 13.2. The molecule has 2 aromatic carbocycles. The Morgan fingerprint density at radius 1 is 1.00 bits per heavy atom. The van der Waals surface area contributed by atoms with Crippen LogP contribution in [0, 0.1) is 11.6 Å². The minimum Gasteiger partial charge on any atom is -0.309 e. The fourth-order valence-corrected chi connectivity index (χ4v) is 2.44. The highest BCUT2D eigenvalue weighted by Gasteiger charge is 2.19. The molecule has 0 aromatic heterocycles. The molecule has 4 heteroatoms. The van der Waals surface area contributed by atoms with Gasteiger partial charge in [-0.2, -0.15) is 0 Å². The Morgan fingerprint density at radius 2 is 1.67 bits per heavy atom. The van der Waals surface area contributed by atoms with E-state index in [0.717, 1.165) is 16.1 Å². The second-order valence-electron chi connectivity index (χ2n) is 3.89. The molecule has 0 amide bonds. The van der Waals surface area contributed by atoms with E-state index in [9.17, 15) is 8.78 Å². The van der Waals surface area contributed by atoms with Gasteiger partial charge in [-0.15, -0.1) is 0 Å². The average molecular weight is 312 g/mol. The highest BCUT2D eigenvalue weighted by Crippen LogP contribution is 2.30. The summed E-state index contributed by atoms with van der Waals surface area (Å²) in [5.41, 5.74) is 1.16. The highest BCUT2D eigenvalue weighted by atomic mass is 79.9. The summed E-state index contributed by atoms with van der Waals surface area (Å²) in [4.78, 5) is 0. The van der Waals surface area contributed by atoms with Crippen LogP contribution < -0.4 is 5.32 Å². The van der Waals surface area contributed by atoms with Gasteiger partial charge in [-0.3, -0.25) is 0 Å². The average Bonchev–Trinajstić information content (AvgIpc) is 2.37. The van der Waals surface area contributed by atoms with Gasteiger partial charge in [0.25, 0.3) is 0 Å². The number of rotatable bonds is 3. The van der Waals surface area contributed by atoms with Crippen molar-refractivity contribution in [2.24, 2.45) is 0 Å². The molecule has 0 aliphatic carbocycles. The van der Waals surface area contributed by atoms with Crippen LogP contribution in [0.25, 0.3) is 0 Å². The third-order valence-electron chi connectivity index (χ3n) is 2.80. The van der Waals surface area contributed by atoms with Gasteiger partial charge in [-0.25, -0.2) is 8.78 Å². The van der Waals surface area contributed by atoms with E-state index in [-0.39, 0.29) is 0 Å². The van der Waals surface area contributed by atoms with Crippen LogP contribution in [0.3, 0.4) is 0 Å². The van der Waals surface area contributed by atoms with Crippen LogP contribution in [0.1, 0.15) is 17.2 Å². The Morgan fingerprint density at radius 3 is 2.33 bits per heavy atom. The van der Waals surface area contributed by atoms with Gasteiger partial charge in [-0.05, 0) is 24.7 Å². The molecule has 2 aromatic rings. The van der Waals surface area contributed by atoms with Crippen molar-refractivity contribution in [1.29, 1.82) is 0 Å². The summed E-state index contributed by atoms with van der Waals surface area (Å²) in [5, 5.41) is 3.01. The van der Waals surface area contributed by atoms with E-state index >= 15 is 0 Å². The maximum absolute atomic E-state index is 13.8. The smallest absolute Gasteiger partial charge is 0.163 e. The van der Waals surface area contributed by atoms with Crippen molar-refractivity contribution >= 4 is 15.9 Å². The molecule has 94 valence electrons. The van der Waals surface area contributed by atoms with Gasteiger partial charge in [0.15, 0.2) is 11.6 Å². The Hall–Kier alpha value is -1.26. The van der Waals surface area contributed by atoms with Crippen LogP contribution in [-0.4, -0.2) is 7.05 Å². The fraction of sp³-hybridized carbons (Fsp3) is 0.143. The number of halogens is 3. The minimum atomic E-state index is -0.834. The van der Waals surface area contributed by atoms with Crippen molar-refractivity contribution in [3.8, 4) is 0 Å². The van der Waals surface area contributed by atoms with Gasteiger partial charge in [0.1, 0.15) is 0 Å². The molecule has 1 unspecified atom stereocenters. The summed E-state index contributed by atoms with van der Waals surface area (Å²) in [6.07, 6.45) is 0. The fourth-order valence-electron chi connectivity index (χ4n) is 1.93. The molecule has 0 aliphatic heterocycles. The van der Waals surface area contributed by atoms with Gasteiger partial charge >= 0.3 is 0 Å². The van der Waals surface area contributed by atoms with Gasteiger partial charge < -0.3 is 5.32 Å². The SMILES string of the molecule is CNC(c1ccccc1Br)c1cccc(F)c1F. The van der Waals surface area contributed by atoms with Gasteiger partial charge in [0.05, 0.1) is 6.04 Å². The molecule has 0 fully saturated rings. The zero-order valence-electron chi connectivity index (χ0n) is 9.75. The summed E-state index contributed by atoms with van der Waals surface area (Å²) >= 11 is 3.42. The maximum Gasteiger partial charge on any atom is 0.163 e. The Bertz CT molecular complexity index is 557. The van der Waals surface area contributed by atoms with E-state index < -0.39 is 17.7 Å². The number of benzene rings is 2. The van der Waals surface area contributed by atoms with E-state index in [1.807, 2.05) is 24.3 Å². The number of nitrogens with one attached hydrogen (secondary N) is 1. The lowest BCUT2D eigenvalue weighted by Crippen LogP contribution is -2.19. The predicted molar refractivity (Wildman–Crippen MR) is 71.4 cm³/mol. The van der Waals surface area contributed by atoms with E-state index in [0.29, 0.717) is 5.56 Å². The van der Waals surface area contributed by atoms with Crippen LogP contribution in [0.4, 0.5) is 8.78 Å². The van der Waals surface area contributed by atoms with Gasteiger partial charge in [0.2, 0.25) is 0 Å². The summed E-state index contributed by atoms with van der Waals surface area (Å²) in [7, 11) is 1.72. The quantitative estimate of drug-likeness (QED) is 0.902. The van der Waals surface area contributed by atoms with Crippen LogP contribution in [0.2, 0.25) is 0 Å². The molecule has 0 radical (unpaired) electrons. The largest absolute Gasteiger partial charge is 0.309 e. The predicted octanol–water partition coefficient (Wildman–Crippen LogP) is 4.04. The summed E-state index contributed by atoms with van der Waals surface area (Å²) in [6, 6.07) is 11.3. The first-order chi connectivity index (χ1) is 8.65. The van der Waals surface area contributed by atoms with Crippen molar-refractivity contribution in [3.05, 3.63) is 69.7 Å². The zero-order valence-corrected chi connectivity index (χ0v) is 11.3. The van der Waals surface area contributed by atoms with Crippen LogP contribution in [0.5, 0.6) is 0 Å². The number of hydrogen-bond donors (Lipinski definition) is 1. The molecule has 2 rings (SSSR count). The van der Waals surface area contributed by atoms with E-state index in [1.54, 1.807) is 13.1 Å². The molecule has 0 saturated heterocycles. The molecule has 0 heterocycles. The topological polar surface area (TPSA) is 12.0 Å². The number of hydrogen-bond acceptors (Lipinski definition) is 1. The van der Waals surface area contributed by atoms with Crippen molar-refractivity contribution in [3.63, 3.8) is 0 Å². The molecule has 0 bridgehead atoms. The Kier molecular flexibility index (Phi) is 4.09. The standard InChI is InChI=1S/C14H12BrF2N/c1-18-14(9-5-2-3-7-11(9)15)10-6-4-8-12(16)13(10)17/h2-8,14,18H,1H3. The molecule has 1 N–H and O–H groups in total. The second-order valence-corrected chi connectivity index (χ2v) is 4.74. The monoisotopic (exact) mass is 311 g/mol. The minimum absolute atomic E-state index is 0.296. The molecule has 0 saturated carbocycles. The lowest BCUT2D eigenvalue weighted by atomic mass is 9.98. The Balaban J connectivity index is 2.53. The summed E-state index contributed by atoms with van der Waals surface area (Å²) in [5.74, 6) is -1.65. The normalized spacial score (nSPS) is 12.4. The van der Waals surface area contributed by atoms with Crippen molar-refractivity contribution < 1.29 is 8.78 Å². The zero-order chi connectivity index (χ0) is 13.1. The van der Waals surface area contributed by atoms with Crippen LogP contribution >= 0.6 is 15.9 Å². The third-order valence-corrected chi connectivity index (χ3v) is 3.52. The molecule has 1 atom stereocenters. The molecule has 0 spiro atoms. The lowest BCUT2D eigenvalue weighted by Gasteiger charge is -2.19. The first-order valence-corrected chi connectivity index (χ1v) is 6.30. The molecular formula is C14H12BrF2N. The molecule has 0 aliphatic rings. The maximum atomic E-state index is 13.8. The van der Waals surface area contributed by atoms with Crippen molar-refractivity contribution in [2.45, 2.75) is 6.04 Å². The van der Waals surface area contributed by atoms with E-state index in [1.165, 1.54) is 6.07 Å². The summed E-state index contributed by atoms with van der Waals surface area (Å²) in [6.45, 7) is 0. The van der Waals surface area contributed by atoms with E-state index in [4.69, 9.17) is 0 Å².